The summed E-state index contributed by atoms with van der Waals surface area (Å²) in [6, 6.07) is 5.86. The number of halogens is 1. The van der Waals surface area contributed by atoms with Gasteiger partial charge in [0.2, 0.25) is 10.0 Å². The van der Waals surface area contributed by atoms with Crippen LogP contribution < -0.4 is 5.73 Å². The number of hydrogen-bond donors (Lipinski definition) is 1. The summed E-state index contributed by atoms with van der Waals surface area (Å²) in [7, 11) is -3.56. The lowest BCUT2D eigenvalue weighted by atomic mass is 10.1. The van der Waals surface area contributed by atoms with Gasteiger partial charge in [-0.1, -0.05) is 0 Å². The second-order valence-corrected chi connectivity index (χ2v) is 7.80. The second-order valence-electron chi connectivity index (χ2n) is 5.86. The number of benzene rings is 1. The van der Waals surface area contributed by atoms with Crippen molar-refractivity contribution in [2.45, 2.75) is 37.2 Å². The van der Waals surface area contributed by atoms with Gasteiger partial charge < -0.3 is 15.2 Å². The number of carbonyl (C=O) groups is 1. The summed E-state index contributed by atoms with van der Waals surface area (Å²) in [6.45, 7) is 4.06. The smallest absolute Gasteiger partial charge is 0.338 e. The zero-order valence-corrected chi connectivity index (χ0v) is 16.6. The third kappa shape index (κ3) is 5.92. The Kier molecular flexibility index (Phi) is 9.52. The van der Waals surface area contributed by atoms with Crippen molar-refractivity contribution in [2.24, 2.45) is 5.73 Å². The fourth-order valence-electron chi connectivity index (χ4n) is 2.70. The van der Waals surface area contributed by atoms with Crippen LogP contribution in [0.2, 0.25) is 0 Å². The molecule has 0 spiro atoms. The highest BCUT2D eigenvalue weighted by molar-refractivity contribution is 7.89. The lowest BCUT2D eigenvalue weighted by molar-refractivity contribution is 0.0209. The van der Waals surface area contributed by atoms with Crippen LogP contribution in [0.15, 0.2) is 29.2 Å². The molecule has 0 bridgehead atoms. The average molecular weight is 407 g/mol. The largest absolute Gasteiger partial charge is 0.462 e. The normalized spacial score (nSPS) is 16.1. The molecule has 9 heteroatoms. The third-order valence-electron chi connectivity index (χ3n) is 4.11. The highest BCUT2D eigenvalue weighted by Crippen LogP contribution is 2.22. The van der Waals surface area contributed by atoms with Crippen LogP contribution in [0.25, 0.3) is 0 Å². The van der Waals surface area contributed by atoms with Gasteiger partial charge in [0.05, 0.1) is 23.2 Å². The molecular weight excluding hydrogens is 380 g/mol. The highest BCUT2D eigenvalue weighted by Gasteiger charge is 2.29. The number of hydrogen-bond acceptors (Lipinski definition) is 6. The van der Waals surface area contributed by atoms with E-state index >= 15 is 0 Å². The topological polar surface area (TPSA) is 98.9 Å². The Hall–Kier alpha value is -1.19. The molecule has 1 aromatic rings. The number of piperidine rings is 1. The zero-order chi connectivity index (χ0) is 18.3. The number of nitrogens with zero attached hydrogens (tertiary/aromatic N) is 1. The molecule has 1 fully saturated rings. The lowest BCUT2D eigenvalue weighted by Gasteiger charge is -2.31. The van der Waals surface area contributed by atoms with Gasteiger partial charge in [0.15, 0.2) is 0 Å². The summed E-state index contributed by atoms with van der Waals surface area (Å²) < 4.78 is 37.5. The average Bonchev–Trinajstić information content (AvgIpc) is 2.63. The van der Waals surface area contributed by atoms with Crippen molar-refractivity contribution in [3.05, 3.63) is 29.8 Å². The number of esters is 1. The molecule has 1 saturated heterocycles. The molecule has 0 aliphatic carbocycles. The monoisotopic (exact) mass is 406 g/mol. The fraction of sp³-hybridized carbons (Fsp3) is 0.588. The first kappa shape index (κ1) is 22.9. The van der Waals surface area contributed by atoms with Crippen LogP contribution in [0.3, 0.4) is 0 Å². The molecule has 0 saturated carbocycles. The van der Waals surface area contributed by atoms with E-state index in [2.05, 4.69) is 0 Å². The van der Waals surface area contributed by atoms with Gasteiger partial charge in [-0.25, -0.2) is 13.2 Å². The summed E-state index contributed by atoms with van der Waals surface area (Å²) >= 11 is 0. The molecule has 0 unspecified atom stereocenters. The zero-order valence-electron chi connectivity index (χ0n) is 14.9. The summed E-state index contributed by atoms with van der Waals surface area (Å²) in [5.41, 5.74) is 5.78. The molecule has 7 nitrogen and oxygen atoms in total. The van der Waals surface area contributed by atoms with Crippen molar-refractivity contribution in [1.82, 2.24) is 4.31 Å². The van der Waals surface area contributed by atoms with Crippen molar-refractivity contribution in [2.75, 3.05) is 32.8 Å². The van der Waals surface area contributed by atoms with Crippen LogP contribution in [0, 0.1) is 0 Å². The van der Waals surface area contributed by atoms with E-state index in [9.17, 15) is 13.2 Å². The maximum absolute atomic E-state index is 12.7. The molecule has 1 aliphatic rings. The van der Waals surface area contributed by atoms with E-state index in [4.69, 9.17) is 15.2 Å². The number of ether oxygens (including phenoxy) is 2. The first-order valence-electron chi connectivity index (χ1n) is 8.58. The van der Waals surface area contributed by atoms with Crippen LogP contribution >= 0.6 is 12.4 Å². The highest BCUT2D eigenvalue weighted by atomic mass is 35.5. The van der Waals surface area contributed by atoms with Crippen LogP contribution in [-0.4, -0.2) is 57.6 Å². The van der Waals surface area contributed by atoms with Gasteiger partial charge >= 0.3 is 5.97 Å². The number of carbonyl (C=O) groups excluding carboxylic acids is 1. The molecule has 2 rings (SSSR count). The van der Waals surface area contributed by atoms with Gasteiger partial charge in [0.1, 0.15) is 0 Å². The van der Waals surface area contributed by atoms with E-state index in [0.29, 0.717) is 44.6 Å². The predicted octanol–water partition coefficient (Wildman–Crippen LogP) is 1.80. The standard InChI is InChI=1S/C17H26N2O5S.ClH/c1-2-23-17(20)14-4-6-16(7-5-14)25(21,22)19-11-8-15(9-12-19)24-13-3-10-18;/h4-7,15H,2-3,8-13,18H2,1H3;1H. The molecule has 26 heavy (non-hydrogen) atoms. The Morgan fingerprint density at radius 3 is 2.38 bits per heavy atom. The maximum atomic E-state index is 12.7. The quantitative estimate of drug-likeness (QED) is 0.522. The van der Waals surface area contributed by atoms with Gasteiger partial charge in [-0.2, -0.15) is 4.31 Å². The summed E-state index contributed by atoms with van der Waals surface area (Å²) in [5.74, 6) is -0.457. The maximum Gasteiger partial charge on any atom is 0.338 e. The number of sulfonamides is 1. The summed E-state index contributed by atoms with van der Waals surface area (Å²) in [4.78, 5) is 11.8. The Balaban J connectivity index is 0.00000338. The Labute approximate surface area is 161 Å². The minimum absolute atomic E-state index is 0. The molecular formula is C17H27ClN2O5S. The minimum atomic E-state index is -3.56. The van der Waals surface area contributed by atoms with Gasteiger partial charge in [0, 0.05) is 19.7 Å². The predicted molar refractivity (Wildman–Crippen MR) is 101 cm³/mol. The van der Waals surface area contributed by atoms with Crippen molar-refractivity contribution in [1.29, 1.82) is 0 Å². The molecule has 1 heterocycles. The molecule has 2 N–H and O–H groups in total. The molecule has 0 atom stereocenters. The summed E-state index contributed by atoms with van der Waals surface area (Å²) in [6.07, 6.45) is 2.24. The first-order chi connectivity index (χ1) is 12.0. The van der Waals surface area contributed by atoms with E-state index in [-0.39, 0.29) is 30.0 Å². The van der Waals surface area contributed by atoms with Crippen LogP contribution in [0.4, 0.5) is 0 Å². The van der Waals surface area contributed by atoms with Gasteiger partial charge in [-0.05, 0) is 57.0 Å². The van der Waals surface area contributed by atoms with Crippen molar-refractivity contribution in [3.63, 3.8) is 0 Å². The lowest BCUT2D eigenvalue weighted by Crippen LogP contribution is -2.41. The molecule has 0 amide bonds. The molecule has 1 aliphatic heterocycles. The van der Waals surface area contributed by atoms with Gasteiger partial charge in [-0.15, -0.1) is 12.4 Å². The first-order valence-corrected chi connectivity index (χ1v) is 10.0. The number of rotatable bonds is 8. The van der Waals surface area contributed by atoms with E-state index < -0.39 is 16.0 Å². The van der Waals surface area contributed by atoms with E-state index in [1.807, 2.05) is 0 Å². The fourth-order valence-corrected chi connectivity index (χ4v) is 4.17. The summed E-state index contributed by atoms with van der Waals surface area (Å²) in [5, 5.41) is 0. The number of nitrogens with two attached hydrogens (primary N) is 1. The van der Waals surface area contributed by atoms with Gasteiger partial charge in [0.25, 0.3) is 0 Å². The van der Waals surface area contributed by atoms with Crippen LogP contribution in [0.5, 0.6) is 0 Å². The Bertz CT molecular complexity index is 658. The van der Waals surface area contributed by atoms with Crippen molar-refractivity contribution >= 4 is 28.4 Å². The van der Waals surface area contributed by atoms with Crippen molar-refractivity contribution in [3.8, 4) is 0 Å². The Morgan fingerprint density at radius 1 is 1.23 bits per heavy atom. The molecule has 148 valence electrons. The van der Waals surface area contributed by atoms with Crippen LogP contribution in [-0.2, 0) is 19.5 Å². The molecule has 1 aromatic carbocycles. The molecule has 0 aromatic heterocycles. The Morgan fingerprint density at radius 2 is 1.85 bits per heavy atom. The third-order valence-corrected chi connectivity index (χ3v) is 6.02. The van der Waals surface area contributed by atoms with Gasteiger partial charge in [-0.3, -0.25) is 0 Å². The van der Waals surface area contributed by atoms with Crippen molar-refractivity contribution < 1.29 is 22.7 Å². The SMILES string of the molecule is CCOC(=O)c1ccc(S(=O)(=O)N2CCC(OCCCN)CC2)cc1.Cl. The minimum Gasteiger partial charge on any atom is -0.462 e. The van der Waals surface area contributed by atoms with E-state index in [1.165, 1.54) is 28.6 Å². The van der Waals surface area contributed by atoms with Crippen LogP contribution in [0.1, 0.15) is 36.5 Å². The second kappa shape index (κ2) is 10.8. The van der Waals surface area contributed by atoms with E-state index in [0.717, 1.165) is 6.42 Å². The molecule has 0 radical (unpaired) electrons. The van der Waals surface area contributed by atoms with E-state index in [1.54, 1.807) is 6.92 Å².